The summed E-state index contributed by atoms with van der Waals surface area (Å²) in [6, 6.07) is 5.50. The molecule has 0 heterocycles. The summed E-state index contributed by atoms with van der Waals surface area (Å²) in [7, 11) is -3.83. The van der Waals surface area contributed by atoms with Crippen molar-refractivity contribution in [3.63, 3.8) is 0 Å². The van der Waals surface area contributed by atoms with E-state index in [1.54, 1.807) is 0 Å². The van der Waals surface area contributed by atoms with Gasteiger partial charge in [-0.3, -0.25) is 0 Å². The molecule has 0 unspecified atom stereocenters. The molecule has 0 saturated heterocycles. The van der Waals surface area contributed by atoms with Gasteiger partial charge in [0.2, 0.25) is 10.0 Å². The summed E-state index contributed by atoms with van der Waals surface area (Å²) in [5.41, 5.74) is 0. The van der Waals surface area contributed by atoms with Crippen LogP contribution in [0.15, 0.2) is 29.2 Å². The molecule has 1 rings (SSSR count). The Morgan fingerprint density at radius 2 is 2.13 bits per heavy atom. The predicted molar refractivity (Wildman–Crippen MR) is 51.6 cm³/mol. The van der Waals surface area contributed by atoms with Crippen LogP contribution in [0.2, 0.25) is 5.02 Å². The largest absolute Gasteiger partial charge is 0.549 e. The Morgan fingerprint density at radius 1 is 1.47 bits per heavy atom. The molecule has 1 aromatic rings. The number of sulfonamides is 1. The SMILES string of the molecule is O=C([O-])CNS(=O)(=O)c1cccc(Cl)c1. The third-order valence-electron chi connectivity index (χ3n) is 1.51. The van der Waals surface area contributed by atoms with Crippen molar-refractivity contribution in [2.24, 2.45) is 0 Å². The molecular formula is C8H7ClNO4S-. The number of carboxylic acids is 1. The van der Waals surface area contributed by atoms with Crippen molar-refractivity contribution < 1.29 is 18.3 Å². The maximum absolute atomic E-state index is 11.4. The maximum Gasteiger partial charge on any atom is 0.240 e. The fourth-order valence-corrected chi connectivity index (χ4v) is 2.14. The second-order valence-electron chi connectivity index (χ2n) is 2.65. The molecule has 0 aliphatic carbocycles. The van der Waals surface area contributed by atoms with Crippen molar-refractivity contribution in [2.75, 3.05) is 6.54 Å². The van der Waals surface area contributed by atoms with Crippen molar-refractivity contribution in [3.8, 4) is 0 Å². The Balaban J connectivity index is 2.91. The average Bonchev–Trinajstić information content (AvgIpc) is 2.15. The number of hydrogen-bond acceptors (Lipinski definition) is 4. The van der Waals surface area contributed by atoms with E-state index in [1.165, 1.54) is 24.3 Å². The van der Waals surface area contributed by atoms with Gasteiger partial charge in [-0.25, -0.2) is 13.1 Å². The quantitative estimate of drug-likeness (QED) is 0.769. The van der Waals surface area contributed by atoms with Gasteiger partial charge in [0.25, 0.3) is 0 Å². The van der Waals surface area contributed by atoms with Crippen LogP contribution in [0.1, 0.15) is 0 Å². The van der Waals surface area contributed by atoms with Gasteiger partial charge in [-0.15, -0.1) is 0 Å². The summed E-state index contributed by atoms with van der Waals surface area (Å²) in [5, 5.41) is 10.3. The second kappa shape index (κ2) is 4.61. The van der Waals surface area contributed by atoms with E-state index >= 15 is 0 Å². The van der Waals surface area contributed by atoms with Gasteiger partial charge < -0.3 is 9.90 Å². The van der Waals surface area contributed by atoms with E-state index in [1.807, 2.05) is 4.72 Å². The molecule has 0 aromatic heterocycles. The van der Waals surface area contributed by atoms with Crippen LogP contribution in [0.4, 0.5) is 0 Å². The lowest BCUT2D eigenvalue weighted by molar-refractivity contribution is -0.303. The first kappa shape index (κ1) is 12.0. The van der Waals surface area contributed by atoms with E-state index in [9.17, 15) is 18.3 Å². The zero-order valence-corrected chi connectivity index (χ0v) is 9.01. The molecule has 0 aliphatic heterocycles. The lowest BCUT2D eigenvalue weighted by Crippen LogP contribution is -2.37. The van der Waals surface area contributed by atoms with Gasteiger partial charge in [-0.2, -0.15) is 0 Å². The number of halogens is 1. The van der Waals surface area contributed by atoms with Crippen LogP contribution in [0.3, 0.4) is 0 Å². The smallest absolute Gasteiger partial charge is 0.240 e. The number of carbonyl (C=O) groups excluding carboxylic acids is 1. The lowest BCUT2D eigenvalue weighted by Gasteiger charge is -2.07. The van der Waals surface area contributed by atoms with E-state index in [-0.39, 0.29) is 9.92 Å². The minimum atomic E-state index is -3.83. The monoisotopic (exact) mass is 248 g/mol. The third kappa shape index (κ3) is 3.50. The molecule has 1 aromatic carbocycles. The van der Waals surface area contributed by atoms with Crippen molar-refractivity contribution in [3.05, 3.63) is 29.3 Å². The van der Waals surface area contributed by atoms with Gasteiger partial charge in [-0.05, 0) is 18.2 Å². The number of nitrogens with one attached hydrogen (secondary N) is 1. The highest BCUT2D eigenvalue weighted by atomic mass is 35.5. The van der Waals surface area contributed by atoms with E-state index < -0.39 is 22.5 Å². The van der Waals surface area contributed by atoms with Crippen LogP contribution >= 0.6 is 11.6 Å². The van der Waals surface area contributed by atoms with Gasteiger partial charge in [0, 0.05) is 5.02 Å². The molecule has 0 spiro atoms. The van der Waals surface area contributed by atoms with E-state index in [0.717, 1.165) is 0 Å². The van der Waals surface area contributed by atoms with Crippen LogP contribution in [-0.4, -0.2) is 20.9 Å². The van der Waals surface area contributed by atoms with Crippen molar-refractivity contribution >= 4 is 27.6 Å². The van der Waals surface area contributed by atoms with Crippen LogP contribution in [0.25, 0.3) is 0 Å². The van der Waals surface area contributed by atoms with Crippen LogP contribution in [0, 0.1) is 0 Å². The zero-order chi connectivity index (χ0) is 11.5. The van der Waals surface area contributed by atoms with Gasteiger partial charge in [0.1, 0.15) is 0 Å². The number of carbonyl (C=O) groups is 1. The van der Waals surface area contributed by atoms with E-state index in [0.29, 0.717) is 0 Å². The fourth-order valence-electron chi connectivity index (χ4n) is 0.871. The summed E-state index contributed by atoms with van der Waals surface area (Å²) in [4.78, 5) is 9.99. The van der Waals surface area contributed by atoms with Crippen molar-refractivity contribution in [1.82, 2.24) is 4.72 Å². The molecule has 0 fully saturated rings. The van der Waals surface area contributed by atoms with Crippen LogP contribution < -0.4 is 9.83 Å². The summed E-state index contributed by atoms with van der Waals surface area (Å²) in [6.45, 7) is -0.769. The molecule has 7 heteroatoms. The number of carboxylic acid groups (broad SMARTS) is 1. The molecule has 1 N–H and O–H groups in total. The average molecular weight is 249 g/mol. The zero-order valence-electron chi connectivity index (χ0n) is 7.44. The molecule has 0 aliphatic rings. The summed E-state index contributed by atoms with van der Waals surface area (Å²) >= 11 is 5.59. The fraction of sp³-hybridized carbons (Fsp3) is 0.125. The summed E-state index contributed by atoms with van der Waals surface area (Å²) in [5.74, 6) is -1.50. The topological polar surface area (TPSA) is 86.3 Å². The molecule has 0 atom stereocenters. The van der Waals surface area contributed by atoms with E-state index in [4.69, 9.17) is 11.6 Å². The Labute approximate surface area is 91.7 Å². The Bertz CT molecular complexity index is 471. The minimum absolute atomic E-state index is 0.0868. The Morgan fingerprint density at radius 3 is 2.67 bits per heavy atom. The van der Waals surface area contributed by atoms with Gasteiger partial charge >= 0.3 is 0 Å². The molecule has 82 valence electrons. The summed E-state index contributed by atoms with van der Waals surface area (Å²) < 4.78 is 24.7. The van der Waals surface area contributed by atoms with E-state index in [2.05, 4.69) is 0 Å². The van der Waals surface area contributed by atoms with Crippen molar-refractivity contribution in [1.29, 1.82) is 0 Å². The highest BCUT2D eigenvalue weighted by Gasteiger charge is 2.13. The molecular weight excluding hydrogens is 242 g/mol. The third-order valence-corrected chi connectivity index (χ3v) is 3.15. The number of aliphatic carboxylic acids is 1. The molecule has 0 bridgehead atoms. The predicted octanol–water partition coefficient (Wildman–Crippen LogP) is -0.632. The Hall–Kier alpha value is -1.11. The number of benzene rings is 1. The van der Waals surface area contributed by atoms with Gasteiger partial charge in [0.05, 0.1) is 17.4 Å². The van der Waals surface area contributed by atoms with Crippen molar-refractivity contribution in [2.45, 2.75) is 4.90 Å². The maximum atomic E-state index is 11.4. The number of hydrogen-bond donors (Lipinski definition) is 1. The lowest BCUT2D eigenvalue weighted by atomic mass is 10.4. The highest BCUT2D eigenvalue weighted by Crippen LogP contribution is 2.14. The molecule has 5 nitrogen and oxygen atoms in total. The molecule has 0 radical (unpaired) electrons. The molecule has 0 saturated carbocycles. The van der Waals surface area contributed by atoms with Gasteiger partial charge in [0.15, 0.2) is 0 Å². The molecule has 0 amide bonds. The highest BCUT2D eigenvalue weighted by molar-refractivity contribution is 7.89. The standard InChI is InChI=1S/C8H8ClNO4S/c9-6-2-1-3-7(4-6)15(13,14)10-5-8(11)12/h1-4,10H,5H2,(H,11,12)/p-1. The van der Waals surface area contributed by atoms with Crippen LogP contribution in [0.5, 0.6) is 0 Å². The summed E-state index contributed by atoms with van der Waals surface area (Å²) in [6.07, 6.45) is 0. The normalized spacial score (nSPS) is 11.3. The second-order valence-corrected chi connectivity index (χ2v) is 4.86. The first-order chi connectivity index (χ1) is 6.92. The minimum Gasteiger partial charge on any atom is -0.549 e. The number of rotatable bonds is 4. The Kier molecular flexibility index (Phi) is 3.67. The van der Waals surface area contributed by atoms with Crippen LogP contribution in [-0.2, 0) is 14.8 Å². The first-order valence-electron chi connectivity index (χ1n) is 3.87. The first-order valence-corrected chi connectivity index (χ1v) is 5.73. The van der Waals surface area contributed by atoms with Gasteiger partial charge in [-0.1, -0.05) is 17.7 Å². The molecule has 15 heavy (non-hydrogen) atoms.